The van der Waals surface area contributed by atoms with E-state index in [1.165, 1.54) is 18.4 Å². The third-order valence-corrected chi connectivity index (χ3v) is 6.85. The highest BCUT2D eigenvalue weighted by atomic mass is 35.5. The normalized spacial score (nSPS) is 24.3. The molecule has 2 bridgehead atoms. The highest BCUT2D eigenvalue weighted by Crippen LogP contribution is 2.47. The molecule has 30 heavy (non-hydrogen) atoms. The molecule has 2 aliphatic rings. The Morgan fingerprint density at radius 2 is 2.00 bits per heavy atom. The van der Waals surface area contributed by atoms with Crippen LogP contribution in [0.5, 0.6) is 5.75 Å². The lowest BCUT2D eigenvalue weighted by Gasteiger charge is -2.44. The van der Waals surface area contributed by atoms with E-state index in [9.17, 15) is 9.59 Å². The Balaban J connectivity index is 1.81. The van der Waals surface area contributed by atoms with Gasteiger partial charge in [-0.25, -0.2) is 4.99 Å². The molecule has 0 N–H and O–H groups in total. The lowest BCUT2D eigenvalue weighted by molar-refractivity contribution is -0.158. The Kier molecular flexibility index (Phi) is 4.34. The Hall–Kier alpha value is -2.90. The fraction of sp³-hybridized carbons (Fsp3) is 0.227. The van der Waals surface area contributed by atoms with Crippen LogP contribution in [-0.2, 0) is 9.53 Å². The van der Waals surface area contributed by atoms with E-state index >= 15 is 0 Å². The Labute approximate surface area is 180 Å². The van der Waals surface area contributed by atoms with Gasteiger partial charge < -0.3 is 9.47 Å². The second kappa shape index (κ2) is 6.82. The summed E-state index contributed by atoms with van der Waals surface area (Å²) in [5.74, 6) is -0.652. The summed E-state index contributed by atoms with van der Waals surface area (Å²) in [6.45, 7) is 1.75. The first-order chi connectivity index (χ1) is 14.4. The SMILES string of the molecule is COC(=O)[C@@H]1[C@H]2c3ccccc3O[C@@]1(C)N=c1s/c(=C/c3ccccc3Cl)c(=O)n12. The zero-order valence-electron chi connectivity index (χ0n) is 16.2. The van der Waals surface area contributed by atoms with Crippen molar-refractivity contribution >= 4 is 35.0 Å². The van der Waals surface area contributed by atoms with E-state index in [-0.39, 0.29) is 5.56 Å². The van der Waals surface area contributed by atoms with Gasteiger partial charge in [0.1, 0.15) is 11.7 Å². The average molecular weight is 441 g/mol. The Morgan fingerprint density at radius 1 is 1.27 bits per heavy atom. The van der Waals surface area contributed by atoms with Crippen molar-refractivity contribution in [2.45, 2.75) is 18.7 Å². The van der Waals surface area contributed by atoms with E-state index in [1.807, 2.05) is 42.5 Å². The van der Waals surface area contributed by atoms with Crippen LogP contribution >= 0.6 is 22.9 Å². The van der Waals surface area contributed by atoms with Crippen molar-refractivity contribution < 1.29 is 14.3 Å². The number of halogens is 1. The predicted octanol–water partition coefficient (Wildman–Crippen LogP) is 2.51. The van der Waals surface area contributed by atoms with Gasteiger partial charge in [0.05, 0.1) is 17.7 Å². The molecule has 2 aromatic carbocycles. The lowest BCUT2D eigenvalue weighted by Crippen LogP contribution is -2.58. The minimum absolute atomic E-state index is 0.226. The number of hydrogen-bond acceptors (Lipinski definition) is 6. The summed E-state index contributed by atoms with van der Waals surface area (Å²) >= 11 is 7.53. The molecule has 2 aliphatic heterocycles. The first-order valence-corrected chi connectivity index (χ1v) is 10.6. The molecular weight excluding hydrogens is 424 g/mol. The zero-order chi connectivity index (χ0) is 21.0. The van der Waals surface area contributed by atoms with Gasteiger partial charge in [-0.15, -0.1) is 0 Å². The van der Waals surface area contributed by atoms with Crippen LogP contribution in [-0.4, -0.2) is 23.4 Å². The number of thiazole rings is 1. The van der Waals surface area contributed by atoms with Gasteiger partial charge in [-0.1, -0.05) is 59.3 Å². The number of aromatic nitrogens is 1. The van der Waals surface area contributed by atoms with Gasteiger partial charge in [0, 0.05) is 10.6 Å². The molecule has 1 aromatic heterocycles. The number of rotatable bonds is 2. The van der Waals surface area contributed by atoms with E-state index in [0.29, 0.717) is 20.1 Å². The molecule has 3 heterocycles. The first-order valence-electron chi connectivity index (χ1n) is 9.36. The number of para-hydroxylation sites is 1. The van der Waals surface area contributed by atoms with Crippen LogP contribution in [0.4, 0.5) is 0 Å². The highest BCUT2D eigenvalue weighted by Gasteiger charge is 2.55. The molecule has 0 amide bonds. The molecule has 3 atom stereocenters. The van der Waals surface area contributed by atoms with Crippen LogP contribution in [0.25, 0.3) is 6.08 Å². The summed E-state index contributed by atoms with van der Waals surface area (Å²) in [4.78, 5) is 31.4. The van der Waals surface area contributed by atoms with Gasteiger partial charge in [0.15, 0.2) is 4.80 Å². The fourth-order valence-corrected chi connectivity index (χ4v) is 5.44. The molecule has 0 saturated heterocycles. The maximum Gasteiger partial charge on any atom is 0.317 e. The first kappa shape index (κ1) is 19.1. The molecular formula is C22H17ClN2O4S. The van der Waals surface area contributed by atoms with Gasteiger partial charge in [0.25, 0.3) is 5.56 Å². The number of carbonyl (C=O) groups is 1. The molecule has 0 aliphatic carbocycles. The van der Waals surface area contributed by atoms with Gasteiger partial charge >= 0.3 is 5.97 Å². The van der Waals surface area contributed by atoms with E-state index in [1.54, 1.807) is 23.6 Å². The van der Waals surface area contributed by atoms with Gasteiger partial charge in [0.2, 0.25) is 5.72 Å². The summed E-state index contributed by atoms with van der Waals surface area (Å²) in [5, 5.41) is 0.553. The smallest absolute Gasteiger partial charge is 0.317 e. The van der Waals surface area contributed by atoms with Crippen molar-refractivity contribution in [1.82, 2.24) is 4.57 Å². The molecule has 0 spiro atoms. The second-order valence-corrected chi connectivity index (χ2v) is 8.76. The molecule has 0 radical (unpaired) electrons. The lowest BCUT2D eigenvalue weighted by atomic mass is 9.81. The minimum Gasteiger partial charge on any atom is -0.469 e. The quantitative estimate of drug-likeness (QED) is 0.574. The summed E-state index contributed by atoms with van der Waals surface area (Å²) in [5.41, 5.74) is 0.0956. The molecule has 6 nitrogen and oxygen atoms in total. The van der Waals surface area contributed by atoms with Crippen molar-refractivity contribution in [2.24, 2.45) is 10.9 Å². The van der Waals surface area contributed by atoms with Crippen LogP contribution in [0, 0.1) is 5.92 Å². The van der Waals surface area contributed by atoms with Crippen LogP contribution < -0.4 is 19.6 Å². The summed E-state index contributed by atoms with van der Waals surface area (Å²) in [6.07, 6.45) is 1.75. The largest absolute Gasteiger partial charge is 0.469 e. The zero-order valence-corrected chi connectivity index (χ0v) is 17.7. The standard InChI is InChI=1S/C22H17ClN2O4S/c1-22-17(20(27)28-2)18(13-8-4-6-10-15(13)29-22)25-19(26)16(30-21(25)24-22)11-12-7-3-5-9-14(12)23/h3-11,17-18H,1-2H3/b16-11+/t17-,18+,22+/m0/s1. The second-order valence-electron chi connectivity index (χ2n) is 7.34. The number of hydrogen-bond donors (Lipinski definition) is 0. The van der Waals surface area contributed by atoms with Gasteiger partial charge in [-0.2, -0.15) is 0 Å². The number of methoxy groups -OCH3 is 1. The number of ether oxygens (including phenoxy) is 2. The topological polar surface area (TPSA) is 69.9 Å². The third kappa shape index (κ3) is 2.73. The van der Waals surface area contributed by atoms with E-state index in [2.05, 4.69) is 0 Å². The van der Waals surface area contributed by atoms with Crippen molar-refractivity contribution in [1.29, 1.82) is 0 Å². The average Bonchev–Trinajstić information content (AvgIpc) is 3.02. The molecule has 0 unspecified atom stereocenters. The van der Waals surface area contributed by atoms with Crippen LogP contribution in [0.2, 0.25) is 5.02 Å². The van der Waals surface area contributed by atoms with E-state index < -0.39 is 23.7 Å². The molecule has 152 valence electrons. The van der Waals surface area contributed by atoms with E-state index in [4.69, 9.17) is 26.1 Å². The van der Waals surface area contributed by atoms with Crippen LogP contribution in [0.15, 0.2) is 58.3 Å². The summed E-state index contributed by atoms with van der Waals surface area (Å²) < 4.78 is 13.3. The van der Waals surface area contributed by atoms with Crippen molar-refractivity contribution in [3.8, 4) is 5.75 Å². The van der Waals surface area contributed by atoms with Crippen molar-refractivity contribution in [3.63, 3.8) is 0 Å². The summed E-state index contributed by atoms with van der Waals surface area (Å²) in [6, 6.07) is 14.1. The molecule has 8 heteroatoms. The Morgan fingerprint density at radius 3 is 2.77 bits per heavy atom. The Bertz CT molecular complexity index is 1360. The molecule has 0 saturated carbocycles. The summed E-state index contributed by atoms with van der Waals surface area (Å²) in [7, 11) is 1.33. The molecule has 5 rings (SSSR count). The monoisotopic (exact) mass is 440 g/mol. The van der Waals surface area contributed by atoms with Crippen molar-refractivity contribution in [3.05, 3.63) is 84.4 Å². The number of benzene rings is 2. The van der Waals surface area contributed by atoms with Gasteiger partial charge in [-0.3, -0.25) is 14.2 Å². The highest BCUT2D eigenvalue weighted by molar-refractivity contribution is 7.07. The van der Waals surface area contributed by atoms with Gasteiger partial charge in [-0.05, 0) is 30.7 Å². The van der Waals surface area contributed by atoms with Crippen LogP contribution in [0.3, 0.4) is 0 Å². The number of fused-ring (bicyclic) bond motifs is 6. The number of nitrogens with zero attached hydrogens (tertiary/aromatic N) is 2. The maximum atomic E-state index is 13.4. The number of esters is 1. The minimum atomic E-state index is -1.18. The van der Waals surface area contributed by atoms with Crippen molar-refractivity contribution in [2.75, 3.05) is 7.11 Å². The molecule has 0 fully saturated rings. The van der Waals surface area contributed by atoms with Crippen LogP contribution in [0.1, 0.15) is 24.1 Å². The predicted molar refractivity (Wildman–Crippen MR) is 113 cm³/mol. The fourth-order valence-electron chi connectivity index (χ4n) is 4.16. The maximum absolute atomic E-state index is 13.4. The number of carbonyl (C=O) groups excluding carboxylic acids is 1. The third-order valence-electron chi connectivity index (χ3n) is 5.53. The molecule has 3 aromatic rings. The van der Waals surface area contributed by atoms with E-state index in [0.717, 1.165) is 11.1 Å².